The molecule has 1 atom stereocenters. The molecule has 0 aromatic heterocycles. The van der Waals surface area contributed by atoms with Gasteiger partial charge in [-0.15, -0.1) is 0 Å². The summed E-state index contributed by atoms with van der Waals surface area (Å²) in [6.07, 6.45) is 0. The van der Waals surface area contributed by atoms with Crippen LogP contribution in [-0.2, 0) is 0 Å². The summed E-state index contributed by atoms with van der Waals surface area (Å²) in [5.41, 5.74) is 0.985. The summed E-state index contributed by atoms with van der Waals surface area (Å²) in [5.74, 6) is 0.809. The van der Waals surface area contributed by atoms with E-state index in [4.69, 9.17) is 10.00 Å². The van der Waals surface area contributed by atoms with E-state index in [0.717, 1.165) is 11.3 Å². The van der Waals surface area contributed by atoms with Crippen molar-refractivity contribution in [3.8, 4) is 11.8 Å². The molecule has 3 heteroatoms. The minimum atomic E-state index is -0.194. The smallest absolute Gasteiger partial charge is 0.123 e. The highest BCUT2D eigenvalue weighted by Crippen LogP contribution is 2.20. The first-order chi connectivity index (χ1) is 6.69. The lowest BCUT2D eigenvalue weighted by atomic mass is 10.1. The Morgan fingerprint density at radius 2 is 1.86 bits per heavy atom. The van der Waals surface area contributed by atoms with Gasteiger partial charge in [-0.05, 0) is 31.8 Å². The molecule has 0 aliphatic rings. The highest BCUT2D eigenvalue weighted by Gasteiger charge is 2.12. The fourth-order valence-corrected chi connectivity index (χ4v) is 1.27. The largest absolute Gasteiger partial charge is 0.497 e. The molecule has 0 radical (unpaired) electrons. The van der Waals surface area contributed by atoms with Gasteiger partial charge in [-0.3, -0.25) is 4.90 Å². The van der Waals surface area contributed by atoms with E-state index in [1.165, 1.54) is 0 Å². The number of ether oxygens (including phenoxy) is 1. The number of nitriles is 1. The molecule has 1 unspecified atom stereocenters. The van der Waals surface area contributed by atoms with E-state index in [1.807, 2.05) is 43.3 Å². The van der Waals surface area contributed by atoms with Crippen LogP contribution in [0.3, 0.4) is 0 Å². The normalized spacial score (nSPS) is 12.2. The molecule has 0 amide bonds. The second-order valence-corrected chi connectivity index (χ2v) is 3.27. The minimum Gasteiger partial charge on any atom is -0.497 e. The summed E-state index contributed by atoms with van der Waals surface area (Å²) < 4.78 is 5.05. The second kappa shape index (κ2) is 4.64. The van der Waals surface area contributed by atoms with E-state index < -0.39 is 0 Å². The summed E-state index contributed by atoms with van der Waals surface area (Å²) in [6.45, 7) is 0. The van der Waals surface area contributed by atoms with Crippen molar-refractivity contribution < 1.29 is 4.74 Å². The molecule has 74 valence electrons. The predicted molar refractivity (Wildman–Crippen MR) is 55.0 cm³/mol. The van der Waals surface area contributed by atoms with Crippen molar-refractivity contribution >= 4 is 0 Å². The van der Waals surface area contributed by atoms with Gasteiger partial charge >= 0.3 is 0 Å². The Hall–Kier alpha value is -1.53. The van der Waals surface area contributed by atoms with Crippen LogP contribution in [0, 0.1) is 11.3 Å². The zero-order valence-electron chi connectivity index (χ0n) is 8.69. The molecular weight excluding hydrogens is 176 g/mol. The Bertz CT molecular complexity index is 324. The summed E-state index contributed by atoms with van der Waals surface area (Å²) in [4.78, 5) is 1.88. The SMILES string of the molecule is COc1ccc(C(C#N)N(C)C)cc1. The average molecular weight is 190 g/mol. The zero-order valence-corrected chi connectivity index (χ0v) is 8.69. The average Bonchev–Trinajstić information content (AvgIpc) is 2.19. The molecule has 0 saturated heterocycles. The van der Waals surface area contributed by atoms with Gasteiger partial charge < -0.3 is 4.74 Å². The first-order valence-corrected chi connectivity index (χ1v) is 4.39. The van der Waals surface area contributed by atoms with Gasteiger partial charge in [0.05, 0.1) is 13.2 Å². The fourth-order valence-electron chi connectivity index (χ4n) is 1.27. The summed E-state index contributed by atoms with van der Waals surface area (Å²) >= 11 is 0. The lowest BCUT2D eigenvalue weighted by molar-refractivity contribution is 0.357. The van der Waals surface area contributed by atoms with Crippen LogP contribution in [-0.4, -0.2) is 26.1 Å². The lowest BCUT2D eigenvalue weighted by Gasteiger charge is -2.17. The molecular formula is C11H14N2O. The number of benzene rings is 1. The molecule has 0 spiro atoms. The van der Waals surface area contributed by atoms with Crippen molar-refractivity contribution in [1.82, 2.24) is 4.90 Å². The van der Waals surface area contributed by atoms with Crippen LogP contribution < -0.4 is 4.74 Å². The number of methoxy groups -OCH3 is 1. The topological polar surface area (TPSA) is 36.3 Å². The molecule has 14 heavy (non-hydrogen) atoms. The van der Waals surface area contributed by atoms with Gasteiger partial charge in [0, 0.05) is 0 Å². The molecule has 0 bridgehead atoms. The Kier molecular flexibility index (Phi) is 3.49. The lowest BCUT2D eigenvalue weighted by Crippen LogP contribution is -2.18. The molecule has 0 aliphatic carbocycles. The van der Waals surface area contributed by atoms with Gasteiger partial charge in [-0.1, -0.05) is 12.1 Å². The monoisotopic (exact) mass is 190 g/mol. The Balaban J connectivity index is 2.91. The van der Waals surface area contributed by atoms with Crippen molar-refractivity contribution in [2.75, 3.05) is 21.2 Å². The third-order valence-corrected chi connectivity index (χ3v) is 2.07. The van der Waals surface area contributed by atoms with Crippen LogP contribution in [0.2, 0.25) is 0 Å². The maximum Gasteiger partial charge on any atom is 0.123 e. The van der Waals surface area contributed by atoms with E-state index in [-0.39, 0.29) is 6.04 Å². The molecule has 0 N–H and O–H groups in total. The Labute approximate surface area is 84.5 Å². The number of hydrogen-bond donors (Lipinski definition) is 0. The van der Waals surface area contributed by atoms with E-state index in [2.05, 4.69) is 6.07 Å². The van der Waals surface area contributed by atoms with Crippen molar-refractivity contribution in [1.29, 1.82) is 5.26 Å². The molecule has 0 aliphatic heterocycles. The van der Waals surface area contributed by atoms with Gasteiger partial charge in [0.1, 0.15) is 11.8 Å². The van der Waals surface area contributed by atoms with Gasteiger partial charge in [0.25, 0.3) is 0 Å². The fraction of sp³-hybridized carbons (Fsp3) is 0.364. The Morgan fingerprint density at radius 3 is 2.21 bits per heavy atom. The second-order valence-electron chi connectivity index (χ2n) is 3.27. The molecule has 0 fully saturated rings. The standard InChI is InChI=1S/C11H14N2O/c1-13(2)11(8-12)9-4-6-10(14-3)7-5-9/h4-7,11H,1-3H3. The molecule has 1 aromatic carbocycles. The van der Waals surface area contributed by atoms with E-state index in [1.54, 1.807) is 7.11 Å². The number of nitrogens with zero attached hydrogens (tertiary/aromatic N) is 2. The minimum absolute atomic E-state index is 0.194. The van der Waals surface area contributed by atoms with E-state index >= 15 is 0 Å². The van der Waals surface area contributed by atoms with Crippen molar-refractivity contribution in [2.24, 2.45) is 0 Å². The van der Waals surface area contributed by atoms with Crippen molar-refractivity contribution in [3.05, 3.63) is 29.8 Å². The van der Waals surface area contributed by atoms with Crippen LogP contribution in [0.15, 0.2) is 24.3 Å². The van der Waals surface area contributed by atoms with Crippen LogP contribution in [0.4, 0.5) is 0 Å². The van der Waals surface area contributed by atoms with Crippen molar-refractivity contribution in [3.63, 3.8) is 0 Å². The van der Waals surface area contributed by atoms with Gasteiger partial charge in [-0.2, -0.15) is 5.26 Å². The molecule has 1 rings (SSSR count). The van der Waals surface area contributed by atoms with Gasteiger partial charge in [-0.25, -0.2) is 0 Å². The molecule has 1 aromatic rings. The van der Waals surface area contributed by atoms with Crippen LogP contribution in [0.25, 0.3) is 0 Å². The third-order valence-electron chi connectivity index (χ3n) is 2.07. The van der Waals surface area contributed by atoms with E-state index in [0.29, 0.717) is 0 Å². The van der Waals surface area contributed by atoms with Crippen LogP contribution in [0.5, 0.6) is 5.75 Å². The number of hydrogen-bond acceptors (Lipinski definition) is 3. The maximum absolute atomic E-state index is 8.95. The van der Waals surface area contributed by atoms with Crippen molar-refractivity contribution in [2.45, 2.75) is 6.04 Å². The van der Waals surface area contributed by atoms with Gasteiger partial charge in [0.2, 0.25) is 0 Å². The maximum atomic E-state index is 8.95. The predicted octanol–water partition coefficient (Wildman–Crippen LogP) is 1.82. The zero-order chi connectivity index (χ0) is 10.6. The van der Waals surface area contributed by atoms with Gasteiger partial charge in [0.15, 0.2) is 0 Å². The highest BCUT2D eigenvalue weighted by atomic mass is 16.5. The summed E-state index contributed by atoms with van der Waals surface area (Å²) in [5, 5.41) is 8.95. The van der Waals surface area contributed by atoms with E-state index in [9.17, 15) is 0 Å². The first-order valence-electron chi connectivity index (χ1n) is 4.39. The summed E-state index contributed by atoms with van der Waals surface area (Å²) in [6, 6.07) is 9.59. The molecule has 3 nitrogen and oxygen atoms in total. The highest BCUT2D eigenvalue weighted by molar-refractivity contribution is 5.31. The molecule has 0 heterocycles. The quantitative estimate of drug-likeness (QED) is 0.729. The Morgan fingerprint density at radius 1 is 1.29 bits per heavy atom. The van der Waals surface area contributed by atoms with Crippen LogP contribution in [0.1, 0.15) is 11.6 Å². The molecule has 0 saturated carbocycles. The summed E-state index contributed by atoms with van der Waals surface area (Å²) in [7, 11) is 5.40. The van der Waals surface area contributed by atoms with Crippen LogP contribution >= 0.6 is 0 Å². The first kappa shape index (κ1) is 10.6. The number of rotatable bonds is 3. The third kappa shape index (κ3) is 2.24.